The lowest BCUT2D eigenvalue weighted by Gasteiger charge is -2.44. The van der Waals surface area contributed by atoms with Crippen LogP contribution in [0.15, 0.2) is 4.99 Å². The fourth-order valence-corrected chi connectivity index (χ4v) is 4.72. The molecule has 1 N–H and O–H groups in total. The summed E-state index contributed by atoms with van der Waals surface area (Å²) in [5.41, 5.74) is -0.922. The van der Waals surface area contributed by atoms with Crippen LogP contribution in [0.1, 0.15) is 66.2 Å². The van der Waals surface area contributed by atoms with Crippen molar-refractivity contribution in [3.63, 3.8) is 0 Å². The van der Waals surface area contributed by atoms with Gasteiger partial charge >= 0.3 is 0 Å². The van der Waals surface area contributed by atoms with Gasteiger partial charge in [0.1, 0.15) is 11.4 Å². The van der Waals surface area contributed by atoms with Crippen LogP contribution in [0, 0.1) is 11.3 Å². The zero-order chi connectivity index (χ0) is 19.7. The summed E-state index contributed by atoms with van der Waals surface area (Å²) in [6, 6.07) is 0. The number of amides is 2. The number of carbonyl (C=O) groups excluding carboxylic acids is 2. The molecule has 6 nitrogen and oxygen atoms in total. The Kier molecular flexibility index (Phi) is 5.94. The van der Waals surface area contributed by atoms with Crippen molar-refractivity contribution in [1.29, 1.82) is 0 Å². The van der Waals surface area contributed by atoms with E-state index in [0.29, 0.717) is 31.8 Å². The fraction of sp³-hybridized carbons (Fsp3) is 0.857. The van der Waals surface area contributed by atoms with Crippen LogP contribution in [0.4, 0.5) is 0 Å². The van der Waals surface area contributed by atoms with Gasteiger partial charge in [-0.1, -0.05) is 20.8 Å². The summed E-state index contributed by atoms with van der Waals surface area (Å²) in [6.07, 6.45) is 5.19. The van der Waals surface area contributed by atoms with E-state index in [9.17, 15) is 9.59 Å². The van der Waals surface area contributed by atoms with Crippen molar-refractivity contribution in [2.24, 2.45) is 16.3 Å². The quantitative estimate of drug-likeness (QED) is 0.801. The molecule has 2 saturated heterocycles. The highest BCUT2D eigenvalue weighted by Crippen LogP contribution is 2.36. The Morgan fingerprint density at radius 1 is 1.22 bits per heavy atom. The number of hydrogen-bond acceptors (Lipinski definition) is 4. The van der Waals surface area contributed by atoms with E-state index in [1.807, 2.05) is 4.90 Å². The number of aliphatic imine (C=N–C) groups is 1. The second-order valence-corrected chi connectivity index (χ2v) is 9.30. The number of hydrogen-bond donors (Lipinski definition) is 1. The molecule has 0 aliphatic carbocycles. The van der Waals surface area contributed by atoms with Gasteiger partial charge in [-0.3, -0.25) is 14.6 Å². The Bertz CT molecular complexity index is 607. The maximum atomic E-state index is 13.2. The van der Waals surface area contributed by atoms with E-state index in [1.54, 1.807) is 0 Å². The number of piperidine rings is 2. The van der Waals surface area contributed by atoms with E-state index in [-0.39, 0.29) is 17.2 Å². The van der Waals surface area contributed by atoms with E-state index in [0.717, 1.165) is 51.2 Å². The van der Waals surface area contributed by atoms with Crippen molar-refractivity contribution < 1.29 is 9.59 Å². The van der Waals surface area contributed by atoms with Gasteiger partial charge in [0.15, 0.2) is 0 Å². The average molecular weight is 377 g/mol. The highest BCUT2D eigenvalue weighted by molar-refractivity contribution is 6.08. The molecule has 0 radical (unpaired) electrons. The predicted molar refractivity (Wildman–Crippen MR) is 108 cm³/mol. The van der Waals surface area contributed by atoms with Gasteiger partial charge in [0.05, 0.1) is 5.41 Å². The topological polar surface area (TPSA) is 65.0 Å². The van der Waals surface area contributed by atoms with Crippen LogP contribution >= 0.6 is 0 Å². The van der Waals surface area contributed by atoms with Gasteiger partial charge < -0.3 is 15.1 Å². The summed E-state index contributed by atoms with van der Waals surface area (Å²) < 4.78 is 0. The number of amidine groups is 1. The molecular formula is C21H36N4O2. The molecule has 2 fully saturated rings. The van der Waals surface area contributed by atoms with Crippen LogP contribution in [0.25, 0.3) is 0 Å². The lowest BCUT2D eigenvalue weighted by atomic mass is 9.79. The van der Waals surface area contributed by atoms with Gasteiger partial charge in [-0.25, -0.2) is 0 Å². The molecule has 6 heteroatoms. The number of likely N-dealkylation sites (tertiary alicyclic amines) is 2. The van der Waals surface area contributed by atoms with Gasteiger partial charge in [-0.15, -0.1) is 0 Å². The van der Waals surface area contributed by atoms with Crippen molar-refractivity contribution in [1.82, 2.24) is 15.1 Å². The van der Waals surface area contributed by atoms with Crippen LogP contribution in [-0.2, 0) is 9.59 Å². The van der Waals surface area contributed by atoms with Crippen LogP contribution in [-0.4, -0.2) is 65.7 Å². The van der Waals surface area contributed by atoms with Crippen molar-refractivity contribution in [2.45, 2.75) is 71.8 Å². The summed E-state index contributed by atoms with van der Waals surface area (Å²) in [5.74, 6) is 1.73. The second kappa shape index (κ2) is 7.90. The molecular weight excluding hydrogens is 340 g/mol. The molecule has 2 amide bonds. The van der Waals surface area contributed by atoms with Crippen molar-refractivity contribution in [3.8, 4) is 0 Å². The number of nitrogens with one attached hydrogen (secondary N) is 1. The highest BCUT2D eigenvalue weighted by atomic mass is 16.2. The maximum absolute atomic E-state index is 13.2. The minimum Gasteiger partial charge on any atom is -0.342 e. The van der Waals surface area contributed by atoms with E-state index in [1.165, 1.54) is 0 Å². The molecule has 3 heterocycles. The summed E-state index contributed by atoms with van der Waals surface area (Å²) in [6.45, 7) is 12.9. The third-order valence-electron chi connectivity index (χ3n) is 6.60. The number of rotatable bonds is 5. The van der Waals surface area contributed by atoms with Gasteiger partial charge in [-0.2, -0.15) is 0 Å². The summed E-state index contributed by atoms with van der Waals surface area (Å²) in [7, 11) is 0. The Hall–Kier alpha value is -1.43. The number of nitrogens with zero attached hydrogens (tertiary/aromatic N) is 3. The summed E-state index contributed by atoms with van der Waals surface area (Å²) in [5, 5.41) is 3.00. The molecule has 152 valence electrons. The van der Waals surface area contributed by atoms with Crippen LogP contribution < -0.4 is 5.32 Å². The normalized spacial score (nSPS) is 28.6. The molecule has 0 aromatic rings. The van der Waals surface area contributed by atoms with Gasteiger partial charge in [0, 0.05) is 26.1 Å². The van der Waals surface area contributed by atoms with E-state index in [2.05, 4.69) is 37.9 Å². The lowest BCUT2D eigenvalue weighted by Crippen LogP contribution is -2.56. The molecule has 3 aliphatic heterocycles. The molecule has 3 rings (SSSR count). The Morgan fingerprint density at radius 2 is 1.93 bits per heavy atom. The molecule has 27 heavy (non-hydrogen) atoms. The maximum Gasteiger partial charge on any atom is 0.253 e. The third-order valence-corrected chi connectivity index (χ3v) is 6.60. The fourth-order valence-electron chi connectivity index (χ4n) is 4.72. The zero-order valence-electron chi connectivity index (χ0n) is 17.5. The molecule has 0 unspecified atom stereocenters. The first kappa shape index (κ1) is 20.3. The molecule has 0 aromatic heterocycles. The second-order valence-electron chi connectivity index (χ2n) is 9.30. The lowest BCUT2D eigenvalue weighted by molar-refractivity contribution is -0.147. The molecule has 3 aliphatic rings. The SMILES string of the molecule is CCN1CCC[C@](C)(C(=O)N2CCC3(CC2)N=C(CCC(C)C)NC3=O)C1. The first-order valence-electron chi connectivity index (χ1n) is 10.7. The Morgan fingerprint density at radius 3 is 2.56 bits per heavy atom. The van der Waals surface area contributed by atoms with Crippen LogP contribution in [0.2, 0.25) is 0 Å². The minimum absolute atomic E-state index is 0.0365. The third kappa shape index (κ3) is 4.20. The summed E-state index contributed by atoms with van der Waals surface area (Å²) >= 11 is 0. The molecule has 1 spiro atoms. The van der Waals surface area contributed by atoms with Crippen molar-refractivity contribution in [3.05, 3.63) is 0 Å². The predicted octanol–water partition coefficient (Wildman–Crippen LogP) is 2.43. The van der Waals surface area contributed by atoms with Gasteiger partial charge in [0.25, 0.3) is 5.91 Å². The average Bonchev–Trinajstić information content (AvgIpc) is 2.95. The smallest absolute Gasteiger partial charge is 0.253 e. The van der Waals surface area contributed by atoms with Crippen molar-refractivity contribution in [2.75, 3.05) is 32.7 Å². The highest BCUT2D eigenvalue weighted by Gasteiger charge is 2.48. The Labute approximate surface area is 163 Å². The largest absolute Gasteiger partial charge is 0.342 e. The van der Waals surface area contributed by atoms with E-state index in [4.69, 9.17) is 4.99 Å². The van der Waals surface area contributed by atoms with Crippen LogP contribution in [0.5, 0.6) is 0 Å². The Balaban J connectivity index is 1.61. The van der Waals surface area contributed by atoms with Gasteiger partial charge in [-0.05, 0) is 58.0 Å². The van der Waals surface area contributed by atoms with E-state index < -0.39 is 5.54 Å². The first-order chi connectivity index (χ1) is 12.8. The van der Waals surface area contributed by atoms with Crippen molar-refractivity contribution >= 4 is 17.6 Å². The first-order valence-corrected chi connectivity index (χ1v) is 10.7. The zero-order valence-corrected chi connectivity index (χ0v) is 17.5. The molecule has 0 aromatic carbocycles. The number of carbonyl (C=O) groups is 2. The van der Waals surface area contributed by atoms with Crippen LogP contribution in [0.3, 0.4) is 0 Å². The molecule has 0 bridgehead atoms. The molecule has 0 saturated carbocycles. The van der Waals surface area contributed by atoms with E-state index >= 15 is 0 Å². The molecule has 1 atom stereocenters. The summed E-state index contributed by atoms with van der Waals surface area (Å²) in [4.78, 5) is 35.0. The van der Waals surface area contributed by atoms with Gasteiger partial charge in [0.2, 0.25) is 5.91 Å². The standard InChI is InChI=1S/C21H36N4O2/c1-5-24-12-6-9-20(4,15-24)19(27)25-13-10-21(11-14-25)18(26)22-17(23-21)8-7-16(2)3/h16H,5-15H2,1-4H3,(H,22,23,26)/t20-/m0/s1. The monoisotopic (exact) mass is 376 g/mol. The minimum atomic E-state index is -0.633.